The van der Waals surface area contributed by atoms with E-state index in [2.05, 4.69) is 205 Å². The molecule has 0 bridgehead atoms. The second-order valence-corrected chi connectivity index (χ2v) is 23.8. The second-order valence-electron chi connectivity index (χ2n) is 18.8. The number of imidazole rings is 1. The Morgan fingerprint density at radius 1 is 0.603 bits per heavy atom. The van der Waals surface area contributed by atoms with Crippen molar-refractivity contribution in [2.24, 2.45) is 5.92 Å². The van der Waals surface area contributed by atoms with Gasteiger partial charge in [-0.1, -0.05) is 139 Å². The first-order valence-electron chi connectivity index (χ1n) is 22.2. The van der Waals surface area contributed by atoms with Crippen LogP contribution in [0.25, 0.3) is 82.7 Å². The Balaban J connectivity index is 0.000000219. The van der Waals surface area contributed by atoms with Gasteiger partial charge in [0.05, 0.1) is 22.4 Å². The van der Waals surface area contributed by atoms with E-state index < -0.39 is 8.07 Å². The van der Waals surface area contributed by atoms with E-state index in [9.17, 15) is 0 Å². The molecule has 3 nitrogen and oxygen atoms in total. The standard InChI is InChI=1S/C39H31N2O.C19H24Si.Ir/c1-23(2)27-12-9-13-28(24(3)4)38(27)41-34-15-8-7-14-33(34)40-39(41)26-17-20-35-32(22-26)37-31-18-16-25-10-5-6-11-29(25)30(31)19-21-36(37)42-35;1-15(2)13-18-14-17(16-9-7-6-8-10-16)11-12-19(18)20(3,4)5;/h5-16,18-24H,1-4H3;6-9,12,14-15H,13H2,1-5H3;/q-1;-2;+3. The minimum Gasteiger partial charge on any atom is -0.500 e. The number of para-hydroxylation sites is 3. The summed E-state index contributed by atoms with van der Waals surface area (Å²) in [5.74, 6) is 2.30. The number of nitrogens with zero attached hydrogens (tertiary/aromatic N) is 2. The van der Waals surface area contributed by atoms with Crippen LogP contribution in [0.15, 0.2) is 144 Å². The molecule has 5 heteroatoms. The summed E-state index contributed by atoms with van der Waals surface area (Å²) >= 11 is 0. The van der Waals surface area contributed by atoms with Crippen molar-refractivity contribution in [1.82, 2.24) is 9.55 Å². The zero-order chi connectivity index (χ0) is 43.3. The molecule has 0 unspecified atom stereocenters. The van der Waals surface area contributed by atoms with E-state index >= 15 is 0 Å². The van der Waals surface area contributed by atoms with Gasteiger partial charge in [0, 0.05) is 19.1 Å². The van der Waals surface area contributed by atoms with Crippen molar-refractivity contribution >= 4 is 67.8 Å². The second kappa shape index (κ2) is 17.9. The third-order valence-electron chi connectivity index (χ3n) is 12.1. The van der Waals surface area contributed by atoms with Crippen LogP contribution >= 0.6 is 0 Å². The maximum Gasteiger partial charge on any atom is 3.00 e. The number of fused-ring (bicyclic) bond motifs is 8. The fourth-order valence-electron chi connectivity index (χ4n) is 9.20. The molecule has 0 aliphatic rings. The number of hydrogen-bond donors (Lipinski definition) is 0. The maximum atomic E-state index is 6.38. The van der Waals surface area contributed by atoms with E-state index in [4.69, 9.17) is 9.40 Å². The van der Waals surface area contributed by atoms with Gasteiger partial charge in [-0.2, -0.15) is 42.5 Å². The predicted molar refractivity (Wildman–Crippen MR) is 267 cm³/mol. The van der Waals surface area contributed by atoms with Crippen LogP contribution in [0.3, 0.4) is 0 Å². The van der Waals surface area contributed by atoms with Crippen LogP contribution < -0.4 is 5.19 Å². The van der Waals surface area contributed by atoms with Crippen molar-refractivity contribution in [2.75, 3.05) is 0 Å². The number of aromatic nitrogens is 2. The van der Waals surface area contributed by atoms with E-state index in [0.717, 1.165) is 56.3 Å². The molecule has 0 amide bonds. The van der Waals surface area contributed by atoms with Crippen LogP contribution in [-0.2, 0) is 26.5 Å². The van der Waals surface area contributed by atoms with Gasteiger partial charge >= 0.3 is 20.1 Å². The Labute approximate surface area is 387 Å². The normalized spacial score (nSPS) is 11.9. The summed E-state index contributed by atoms with van der Waals surface area (Å²) in [7, 11) is -1.31. The van der Waals surface area contributed by atoms with Gasteiger partial charge < -0.3 is 8.98 Å². The monoisotopic (exact) mass is 1020 g/mol. The number of furan rings is 1. The van der Waals surface area contributed by atoms with Crippen molar-refractivity contribution in [2.45, 2.75) is 79.4 Å². The molecule has 2 heterocycles. The molecule has 0 aliphatic carbocycles. The Morgan fingerprint density at radius 2 is 1.30 bits per heavy atom. The third-order valence-corrected chi connectivity index (χ3v) is 14.2. The van der Waals surface area contributed by atoms with Crippen molar-refractivity contribution in [3.8, 4) is 28.2 Å². The number of benzene rings is 8. The van der Waals surface area contributed by atoms with Gasteiger partial charge in [0.25, 0.3) is 0 Å². The summed E-state index contributed by atoms with van der Waals surface area (Å²) in [6.07, 6.45) is 1.15. The summed E-state index contributed by atoms with van der Waals surface area (Å²) < 4.78 is 8.75. The summed E-state index contributed by atoms with van der Waals surface area (Å²) in [4.78, 5) is 5.24. The maximum absolute atomic E-state index is 6.38. The molecule has 10 rings (SSSR count). The average Bonchev–Trinajstić information content (AvgIpc) is 3.84. The van der Waals surface area contributed by atoms with Crippen LogP contribution in [0, 0.1) is 24.1 Å². The minimum atomic E-state index is -1.31. The smallest absolute Gasteiger partial charge is 0.500 e. The molecule has 316 valence electrons. The fraction of sp³-hybridized carbons (Fsp3) is 0.224. The molecule has 0 aliphatic heterocycles. The van der Waals surface area contributed by atoms with E-state index in [1.165, 1.54) is 49.5 Å². The van der Waals surface area contributed by atoms with Gasteiger partial charge in [-0.3, -0.25) is 4.98 Å². The first-order valence-corrected chi connectivity index (χ1v) is 25.7. The van der Waals surface area contributed by atoms with Crippen LogP contribution in [0.4, 0.5) is 0 Å². The van der Waals surface area contributed by atoms with Crippen LogP contribution in [-0.4, -0.2) is 17.6 Å². The van der Waals surface area contributed by atoms with E-state index in [1.54, 1.807) is 5.19 Å². The molecule has 8 aromatic carbocycles. The number of hydrogen-bond acceptors (Lipinski definition) is 2. The molecule has 2 aromatic heterocycles. The van der Waals surface area contributed by atoms with Crippen LogP contribution in [0.5, 0.6) is 0 Å². The molecule has 0 saturated heterocycles. The zero-order valence-corrected chi connectivity index (χ0v) is 41.2. The van der Waals surface area contributed by atoms with Gasteiger partial charge in [0.15, 0.2) is 0 Å². The molecule has 63 heavy (non-hydrogen) atoms. The van der Waals surface area contributed by atoms with E-state index in [1.807, 2.05) is 18.2 Å². The molecule has 10 aromatic rings. The van der Waals surface area contributed by atoms with Gasteiger partial charge in [-0.25, -0.2) is 11.1 Å². The molecule has 0 atom stereocenters. The molecule has 0 spiro atoms. The third kappa shape index (κ3) is 8.47. The Bertz CT molecular complexity index is 3210. The Hall–Kier alpha value is -5.58. The van der Waals surface area contributed by atoms with Crippen molar-refractivity contribution in [3.05, 3.63) is 174 Å². The molecular formula is C58H55IrN2OSi. The topological polar surface area (TPSA) is 31.0 Å². The van der Waals surface area contributed by atoms with Gasteiger partial charge in [0.1, 0.15) is 5.58 Å². The minimum absolute atomic E-state index is 0. The summed E-state index contributed by atoms with van der Waals surface area (Å²) in [6, 6.07) is 59.7. The van der Waals surface area contributed by atoms with Gasteiger partial charge in [-0.05, 0) is 75.0 Å². The summed E-state index contributed by atoms with van der Waals surface area (Å²) in [5, 5.41) is 8.69. The Morgan fingerprint density at radius 3 is 2.02 bits per heavy atom. The largest absolute Gasteiger partial charge is 3.00 e. The quantitative estimate of drug-likeness (QED) is 0.0863. The van der Waals surface area contributed by atoms with Crippen molar-refractivity contribution < 1.29 is 24.5 Å². The van der Waals surface area contributed by atoms with E-state index in [-0.39, 0.29) is 20.1 Å². The molecule has 0 saturated carbocycles. The Kier molecular flexibility index (Phi) is 12.5. The van der Waals surface area contributed by atoms with Crippen molar-refractivity contribution in [3.63, 3.8) is 0 Å². The van der Waals surface area contributed by atoms with Crippen LogP contribution in [0.1, 0.15) is 70.1 Å². The fourth-order valence-corrected chi connectivity index (χ4v) is 10.8. The number of rotatable bonds is 8. The summed E-state index contributed by atoms with van der Waals surface area (Å²) in [6.45, 7) is 20.9. The first-order chi connectivity index (χ1) is 29.9. The van der Waals surface area contributed by atoms with Gasteiger partial charge in [-0.15, -0.1) is 40.6 Å². The first kappa shape index (κ1) is 44.0. The SMILES string of the molecule is CC(C)Cc1cc(-c2[c-]cccc2)[c-]cc1[Si](C)(C)C.CC(C)c1cccc(C(C)C)c1-n1c(-c2[c-]cc3oc4ccc5c6ccccc6ccc5c4c3c2)nc2ccccc21.[Ir+3]. The van der Waals surface area contributed by atoms with Crippen molar-refractivity contribution in [1.29, 1.82) is 0 Å². The molecule has 0 fully saturated rings. The molecule has 0 radical (unpaired) electrons. The van der Waals surface area contributed by atoms with E-state index in [0.29, 0.717) is 17.8 Å². The zero-order valence-electron chi connectivity index (χ0n) is 37.9. The van der Waals surface area contributed by atoms with Gasteiger partial charge in [0.2, 0.25) is 0 Å². The molecular weight excluding hydrogens is 961 g/mol. The predicted octanol–water partition coefficient (Wildman–Crippen LogP) is 15.6. The van der Waals surface area contributed by atoms with Crippen LogP contribution in [0.2, 0.25) is 19.6 Å². The average molecular weight is 1020 g/mol. The molecule has 0 N–H and O–H groups in total. The summed E-state index contributed by atoms with van der Waals surface area (Å²) in [5.41, 5.74) is 12.4.